The van der Waals surface area contributed by atoms with Gasteiger partial charge >= 0.3 is 12.1 Å². The molecule has 0 radical (unpaired) electrons. The molecule has 0 aliphatic carbocycles. The Morgan fingerprint density at radius 1 is 1.23 bits per heavy atom. The molecule has 1 aliphatic rings. The van der Waals surface area contributed by atoms with Gasteiger partial charge in [-0.25, -0.2) is 4.79 Å². The number of nitrogens with one attached hydrogen (secondary N) is 2. The fourth-order valence-corrected chi connectivity index (χ4v) is 2.37. The van der Waals surface area contributed by atoms with Crippen LogP contribution in [-0.2, 0) is 9.53 Å². The second-order valence-corrected chi connectivity index (χ2v) is 6.65. The van der Waals surface area contributed by atoms with Crippen LogP contribution in [0.2, 0.25) is 0 Å². The SMILES string of the molecule is CC(C)(C)OC(=O)NCCNC(=S)N1CCC(C(=O)O)CC1. The molecule has 0 bridgehead atoms. The maximum Gasteiger partial charge on any atom is 0.407 e. The number of nitrogens with zero attached hydrogens (tertiary/aromatic N) is 1. The summed E-state index contributed by atoms with van der Waals surface area (Å²) in [5, 5.41) is 15.2. The van der Waals surface area contributed by atoms with Gasteiger partial charge in [0.05, 0.1) is 5.92 Å². The van der Waals surface area contributed by atoms with E-state index in [9.17, 15) is 9.59 Å². The lowest BCUT2D eigenvalue weighted by Gasteiger charge is -2.32. The number of amides is 1. The Labute approximate surface area is 136 Å². The van der Waals surface area contributed by atoms with E-state index in [0.29, 0.717) is 44.1 Å². The van der Waals surface area contributed by atoms with Crippen LogP contribution in [0, 0.1) is 5.92 Å². The van der Waals surface area contributed by atoms with Crippen molar-refractivity contribution >= 4 is 29.4 Å². The molecule has 1 fully saturated rings. The van der Waals surface area contributed by atoms with Crippen LogP contribution in [0.15, 0.2) is 0 Å². The molecule has 0 aromatic rings. The Bertz CT molecular complexity index is 415. The third-order valence-corrected chi connectivity index (χ3v) is 3.60. The maximum absolute atomic E-state index is 11.4. The number of aliphatic carboxylic acids is 1. The first-order valence-electron chi connectivity index (χ1n) is 7.41. The van der Waals surface area contributed by atoms with Gasteiger partial charge in [0.2, 0.25) is 0 Å². The number of alkyl carbamates (subject to hydrolysis) is 1. The molecule has 0 atom stereocenters. The van der Waals surface area contributed by atoms with Crippen molar-refractivity contribution in [1.29, 1.82) is 0 Å². The fourth-order valence-electron chi connectivity index (χ4n) is 2.09. The summed E-state index contributed by atoms with van der Waals surface area (Å²) in [4.78, 5) is 24.3. The van der Waals surface area contributed by atoms with Crippen LogP contribution in [0.1, 0.15) is 33.6 Å². The van der Waals surface area contributed by atoms with Gasteiger partial charge in [0.25, 0.3) is 0 Å². The number of carbonyl (C=O) groups excluding carboxylic acids is 1. The summed E-state index contributed by atoms with van der Waals surface area (Å²) in [6.45, 7) is 7.60. The zero-order valence-electron chi connectivity index (χ0n) is 13.3. The first-order chi connectivity index (χ1) is 10.2. The summed E-state index contributed by atoms with van der Waals surface area (Å²) in [6, 6.07) is 0. The van der Waals surface area contributed by atoms with Crippen molar-refractivity contribution in [2.24, 2.45) is 5.92 Å². The van der Waals surface area contributed by atoms with Gasteiger partial charge in [0.1, 0.15) is 5.60 Å². The molecule has 7 nitrogen and oxygen atoms in total. The van der Waals surface area contributed by atoms with Gasteiger partial charge in [-0.2, -0.15) is 0 Å². The molecule has 1 saturated heterocycles. The molecule has 0 unspecified atom stereocenters. The first-order valence-corrected chi connectivity index (χ1v) is 7.82. The van der Waals surface area contributed by atoms with Crippen molar-refractivity contribution in [3.05, 3.63) is 0 Å². The zero-order chi connectivity index (χ0) is 16.8. The molecule has 126 valence electrons. The van der Waals surface area contributed by atoms with E-state index in [1.165, 1.54) is 0 Å². The quantitative estimate of drug-likeness (QED) is 0.526. The van der Waals surface area contributed by atoms with Gasteiger partial charge in [-0.3, -0.25) is 4.79 Å². The highest BCUT2D eigenvalue weighted by Crippen LogP contribution is 2.17. The van der Waals surface area contributed by atoms with Crippen LogP contribution in [0.25, 0.3) is 0 Å². The topological polar surface area (TPSA) is 90.9 Å². The van der Waals surface area contributed by atoms with Crippen molar-refractivity contribution < 1.29 is 19.4 Å². The third kappa shape index (κ3) is 6.93. The molecule has 22 heavy (non-hydrogen) atoms. The molecule has 0 spiro atoms. The highest BCUT2D eigenvalue weighted by atomic mass is 32.1. The molecular weight excluding hydrogens is 306 g/mol. The van der Waals surface area contributed by atoms with Crippen molar-refractivity contribution in [2.45, 2.75) is 39.2 Å². The highest BCUT2D eigenvalue weighted by Gasteiger charge is 2.25. The Kier molecular flexibility index (Phi) is 6.86. The van der Waals surface area contributed by atoms with Crippen LogP contribution in [-0.4, -0.2) is 59.0 Å². The second kappa shape index (κ2) is 8.17. The molecule has 1 rings (SSSR count). The lowest BCUT2D eigenvalue weighted by molar-refractivity contribution is -0.143. The monoisotopic (exact) mass is 331 g/mol. The van der Waals surface area contributed by atoms with E-state index >= 15 is 0 Å². The van der Waals surface area contributed by atoms with E-state index in [4.69, 9.17) is 22.1 Å². The number of piperidine rings is 1. The number of carbonyl (C=O) groups is 2. The molecule has 3 N–H and O–H groups in total. The zero-order valence-corrected chi connectivity index (χ0v) is 14.2. The molecule has 0 aromatic heterocycles. The molecule has 0 saturated carbocycles. The number of ether oxygens (including phenoxy) is 1. The summed E-state index contributed by atoms with van der Waals surface area (Å²) in [5.41, 5.74) is -0.513. The van der Waals surface area contributed by atoms with E-state index in [2.05, 4.69) is 10.6 Å². The molecular formula is C14H25N3O4S. The van der Waals surface area contributed by atoms with Crippen molar-refractivity contribution in [3.63, 3.8) is 0 Å². The van der Waals surface area contributed by atoms with Gasteiger partial charge in [0, 0.05) is 26.2 Å². The van der Waals surface area contributed by atoms with E-state index in [1.807, 2.05) is 4.90 Å². The minimum atomic E-state index is -0.736. The van der Waals surface area contributed by atoms with Gasteiger partial charge in [-0.15, -0.1) is 0 Å². The van der Waals surface area contributed by atoms with Crippen LogP contribution in [0.4, 0.5) is 4.79 Å². The van der Waals surface area contributed by atoms with Gasteiger partial charge in [-0.05, 0) is 45.8 Å². The largest absolute Gasteiger partial charge is 0.481 e. The smallest absolute Gasteiger partial charge is 0.407 e. The summed E-state index contributed by atoms with van der Waals surface area (Å²) in [7, 11) is 0. The lowest BCUT2D eigenvalue weighted by Crippen LogP contribution is -2.47. The van der Waals surface area contributed by atoms with E-state index < -0.39 is 17.7 Å². The van der Waals surface area contributed by atoms with E-state index in [-0.39, 0.29) is 5.92 Å². The average molecular weight is 331 g/mol. The molecule has 1 aliphatic heterocycles. The first kappa shape index (κ1) is 18.5. The second-order valence-electron chi connectivity index (χ2n) is 6.26. The highest BCUT2D eigenvalue weighted by molar-refractivity contribution is 7.80. The predicted molar refractivity (Wildman–Crippen MR) is 86.8 cm³/mol. The van der Waals surface area contributed by atoms with Crippen molar-refractivity contribution in [1.82, 2.24) is 15.5 Å². The van der Waals surface area contributed by atoms with Crippen LogP contribution in [0.5, 0.6) is 0 Å². The minimum absolute atomic E-state index is 0.270. The Balaban J connectivity index is 2.17. The number of hydrogen-bond donors (Lipinski definition) is 3. The van der Waals surface area contributed by atoms with Crippen molar-refractivity contribution in [2.75, 3.05) is 26.2 Å². The third-order valence-electron chi connectivity index (χ3n) is 3.20. The van der Waals surface area contributed by atoms with E-state index in [1.54, 1.807) is 20.8 Å². The van der Waals surface area contributed by atoms with Crippen LogP contribution < -0.4 is 10.6 Å². The summed E-state index contributed by atoms with van der Waals surface area (Å²) < 4.78 is 5.12. The summed E-state index contributed by atoms with van der Waals surface area (Å²) >= 11 is 5.27. The molecule has 8 heteroatoms. The Hall–Kier alpha value is -1.57. The van der Waals surface area contributed by atoms with Gasteiger partial charge < -0.3 is 25.4 Å². The predicted octanol–water partition coefficient (Wildman–Crippen LogP) is 1.18. The number of carboxylic acids is 1. The summed E-state index contributed by atoms with van der Waals surface area (Å²) in [5.74, 6) is -1.01. The summed E-state index contributed by atoms with van der Waals surface area (Å²) in [6.07, 6.45) is 0.753. The lowest BCUT2D eigenvalue weighted by atomic mass is 9.97. The minimum Gasteiger partial charge on any atom is -0.481 e. The molecule has 1 amide bonds. The van der Waals surface area contributed by atoms with Crippen molar-refractivity contribution in [3.8, 4) is 0 Å². The standard InChI is InChI=1S/C14H25N3O4S/c1-14(2,3)21-13(20)16-7-6-15-12(22)17-8-4-10(5-9-17)11(18)19/h10H,4-9H2,1-3H3,(H,15,22)(H,16,20)(H,18,19). The van der Waals surface area contributed by atoms with Crippen LogP contribution in [0.3, 0.4) is 0 Å². The molecule has 0 aromatic carbocycles. The van der Waals surface area contributed by atoms with E-state index in [0.717, 1.165) is 0 Å². The Morgan fingerprint density at radius 2 is 1.77 bits per heavy atom. The fraction of sp³-hybridized carbons (Fsp3) is 0.786. The molecule has 1 heterocycles. The number of likely N-dealkylation sites (tertiary alicyclic amines) is 1. The van der Waals surface area contributed by atoms with Gasteiger partial charge in [0.15, 0.2) is 5.11 Å². The number of carboxylic acid groups (broad SMARTS) is 1. The maximum atomic E-state index is 11.4. The Morgan fingerprint density at radius 3 is 2.27 bits per heavy atom. The number of hydrogen-bond acceptors (Lipinski definition) is 4. The number of thiocarbonyl (C=S) groups is 1. The van der Waals surface area contributed by atoms with Gasteiger partial charge in [-0.1, -0.05) is 0 Å². The normalized spacial score (nSPS) is 16.0. The van der Waals surface area contributed by atoms with Crippen LogP contribution >= 0.6 is 12.2 Å². The average Bonchev–Trinajstić information content (AvgIpc) is 2.41. The number of rotatable bonds is 4.